The van der Waals surface area contributed by atoms with Crippen LogP contribution in [0.15, 0.2) is 0 Å². The number of nitrogens with two attached hydrogens (primary N) is 1. The number of ether oxygens (including phenoxy) is 1. The fraction of sp³-hybridized carbons (Fsp3) is 1.00. The van der Waals surface area contributed by atoms with Gasteiger partial charge in [-0.3, -0.25) is 0 Å². The largest absolute Gasteiger partial charge is 0.381 e. The van der Waals surface area contributed by atoms with Crippen LogP contribution in [0.5, 0.6) is 0 Å². The first-order chi connectivity index (χ1) is 8.19. The minimum Gasteiger partial charge on any atom is -0.381 e. The van der Waals surface area contributed by atoms with Gasteiger partial charge in [0, 0.05) is 25.7 Å². The molecule has 0 bridgehead atoms. The molecule has 0 aromatic rings. The van der Waals surface area contributed by atoms with Crippen molar-refractivity contribution in [3.8, 4) is 0 Å². The highest BCUT2D eigenvalue weighted by atomic mass is 16.5. The minimum absolute atomic E-state index is 0.525. The van der Waals surface area contributed by atoms with Crippen LogP contribution < -0.4 is 5.73 Å². The molecule has 0 saturated carbocycles. The molecule has 1 aliphatic heterocycles. The van der Waals surface area contributed by atoms with E-state index in [2.05, 4.69) is 25.8 Å². The summed E-state index contributed by atoms with van der Waals surface area (Å²) in [6.07, 6.45) is 5.05. The van der Waals surface area contributed by atoms with E-state index in [1.54, 1.807) is 0 Å². The third-order valence-electron chi connectivity index (χ3n) is 4.01. The van der Waals surface area contributed by atoms with Crippen LogP contribution in [-0.4, -0.2) is 44.3 Å². The highest BCUT2D eigenvalue weighted by Gasteiger charge is 2.23. The van der Waals surface area contributed by atoms with Gasteiger partial charge in [-0.1, -0.05) is 20.3 Å². The number of likely N-dealkylation sites (N-methyl/N-ethyl adjacent to an activating group) is 1. The lowest BCUT2D eigenvalue weighted by atomic mass is 9.94. The summed E-state index contributed by atoms with van der Waals surface area (Å²) in [5.41, 5.74) is 5.94. The summed E-state index contributed by atoms with van der Waals surface area (Å²) in [5, 5.41) is 0. The van der Waals surface area contributed by atoms with Gasteiger partial charge in [-0.05, 0) is 38.1 Å². The van der Waals surface area contributed by atoms with E-state index in [0.29, 0.717) is 17.9 Å². The topological polar surface area (TPSA) is 38.5 Å². The summed E-state index contributed by atoms with van der Waals surface area (Å²) in [6.45, 7) is 8.37. The summed E-state index contributed by atoms with van der Waals surface area (Å²) in [7, 11) is 2.22. The van der Waals surface area contributed by atoms with Crippen molar-refractivity contribution in [1.29, 1.82) is 0 Å². The number of hydrogen-bond acceptors (Lipinski definition) is 3. The molecule has 17 heavy (non-hydrogen) atoms. The molecule has 3 heteroatoms. The summed E-state index contributed by atoms with van der Waals surface area (Å²) in [5.74, 6) is 1.40. The lowest BCUT2D eigenvalue weighted by Gasteiger charge is -2.35. The van der Waals surface area contributed by atoms with Crippen molar-refractivity contribution in [1.82, 2.24) is 4.90 Å². The number of hydrogen-bond donors (Lipinski definition) is 1. The molecule has 1 heterocycles. The summed E-state index contributed by atoms with van der Waals surface area (Å²) in [6, 6.07) is 0.525. The number of nitrogens with zero attached hydrogens (tertiary/aromatic N) is 1. The molecule has 0 aliphatic carbocycles. The van der Waals surface area contributed by atoms with Crippen LogP contribution in [0.4, 0.5) is 0 Å². The smallest absolute Gasteiger partial charge is 0.0506 e. The fourth-order valence-electron chi connectivity index (χ4n) is 2.99. The first-order valence-electron chi connectivity index (χ1n) is 7.17. The highest BCUT2D eigenvalue weighted by molar-refractivity contribution is 4.78. The second-order valence-corrected chi connectivity index (χ2v) is 5.59. The quantitative estimate of drug-likeness (QED) is 0.743. The Morgan fingerprint density at radius 2 is 2.24 bits per heavy atom. The average molecular weight is 242 g/mol. The van der Waals surface area contributed by atoms with Gasteiger partial charge in [0.05, 0.1) is 6.61 Å². The van der Waals surface area contributed by atoms with Gasteiger partial charge in [0.2, 0.25) is 0 Å². The molecule has 0 amide bonds. The Kier molecular flexibility index (Phi) is 7.09. The van der Waals surface area contributed by atoms with Gasteiger partial charge in [-0.15, -0.1) is 0 Å². The first kappa shape index (κ1) is 14.9. The summed E-state index contributed by atoms with van der Waals surface area (Å²) >= 11 is 0. The van der Waals surface area contributed by atoms with Crippen molar-refractivity contribution in [2.45, 2.75) is 45.6 Å². The van der Waals surface area contributed by atoms with Crippen LogP contribution in [-0.2, 0) is 4.74 Å². The zero-order valence-corrected chi connectivity index (χ0v) is 11.8. The summed E-state index contributed by atoms with van der Waals surface area (Å²) < 4.78 is 5.55. The lowest BCUT2D eigenvalue weighted by molar-refractivity contribution is 0.0320. The Morgan fingerprint density at radius 3 is 2.76 bits per heavy atom. The van der Waals surface area contributed by atoms with E-state index in [1.165, 1.54) is 25.7 Å². The van der Waals surface area contributed by atoms with E-state index in [4.69, 9.17) is 10.5 Å². The monoisotopic (exact) mass is 242 g/mol. The van der Waals surface area contributed by atoms with Gasteiger partial charge >= 0.3 is 0 Å². The maximum Gasteiger partial charge on any atom is 0.0506 e. The Hall–Kier alpha value is -0.120. The Bertz CT molecular complexity index is 193. The van der Waals surface area contributed by atoms with Crippen LogP contribution in [0.1, 0.15) is 39.5 Å². The molecular weight excluding hydrogens is 212 g/mol. The molecule has 102 valence electrons. The minimum atomic E-state index is 0.525. The molecule has 3 atom stereocenters. The fourth-order valence-corrected chi connectivity index (χ4v) is 2.99. The summed E-state index contributed by atoms with van der Waals surface area (Å²) in [4.78, 5) is 2.46. The van der Waals surface area contributed by atoms with E-state index in [9.17, 15) is 0 Å². The standard InChI is InChI=1S/C14H30N2O/c1-4-6-12(2)14(9-15)16(3)10-13-7-5-8-17-11-13/h12-14H,4-11,15H2,1-3H3. The van der Waals surface area contributed by atoms with E-state index in [-0.39, 0.29) is 0 Å². The molecule has 0 spiro atoms. The third kappa shape index (κ3) is 4.94. The highest BCUT2D eigenvalue weighted by Crippen LogP contribution is 2.19. The SMILES string of the molecule is CCCC(C)C(CN)N(C)CC1CCCOC1. The Morgan fingerprint density at radius 1 is 1.47 bits per heavy atom. The maximum atomic E-state index is 5.94. The average Bonchev–Trinajstić information content (AvgIpc) is 2.31. The molecule has 0 radical (unpaired) electrons. The van der Waals surface area contributed by atoms with Gasteiger partial charge in [-0.2, -0.15) is 0 Å². The van der Waals surface area contributed by atoms with E-state index >= 15 is 0 Å². The van der Waals surface area contributed by atoms with Gasteiger partial charge < -0.3 is 15.4 Å². The van der Waals surface area contributed by atoms with E-state index < -0.39 is 0 Å². The molecule has 1 fully saturated rings. The predicted octanol–water partition coefficient (Wildman–Crippen LogP) is 2.11. The zero-order valence-electron chi connectivity index (χ0n) is 11.8. The second-order valence-electron chi connectivity index (χ2n) is 5.59. The Balaban J connectivity index is 2.38. The maximum absolute atomic E-state index is 5.94. The molecule has 2 N–H and O–H groups in total. The zero-order chi connectivity index (χ0) is 12.7. The molecule has 1 saturated heterocycles. The van der Waals surface area contributed by atoms with E-state index in [1.807, 2.05) is 0 Å². The molecule has 0 aromatic carbocycles. The van der Waals surface area contributed by atoms with Crippen molar-refractivity contribution in [2.75, 3.05) is 33.4 Å². The molecule has 1 aliphatic rings. The molecule has 3 nitrogen and oxygen atoms in total. The normalized spacial score (nSPS) is 24.9. The van der Waals surface area contributed by atoms with Crippen LogP contribution in [0.2, 0.25) is 0 Å². The third-order valence-corrected chi connectivity index (χ3v) is 4.01. The predicted molar refractivity (Wildman–Crippen MR) is 73.1 cm³/mol. The molecule has 0 aromatic heterocycles. The van der Waals surface area contributed by atoms with Gasteiger partial charge in [-0.25, -0.2) is 0 Å². The van der Waals surface area contributed by atoms with E-state index in [0.717, 1.165) is 26.3 Å². The van der Waals surface area contributed by atoms with Crippen LogP contribution in [0, 0.1) is 11.8 Å². The molecule has 3 unspecified atom stereocenters. The van der Waals surface area contributed by atoms with Gasteiger partial charge in [0.1, 0.15) is 0 Å². The van der Waals surface area contributed by atoms with Crippen molar-refractivity contribution in [3.05, 3.63) is 0 Å². The van der Waals surface area contributed by atoms with Gasteiger partial charge in [0.15, 0.2) is 0 Å². The second kappa shape index (κ2) is 8.06. The number of rotatable bonds is 7. The molecular formula is C14H30N2O. The van der Waals surface area contributed by atoms with Crippen LogP contribution in [0.3, 0.4) is 0 Å². The first-order valence-corrected chi connectivity index (χ1v) is 7.17. The molecule has 1 rings (SSSR count). The van der Waals surface area contributed by atoms with Crippen molar-refractivity contribution in [2.24, 2.45) is 17.6 Å². The van der Waals surface area contributed by atoms with Crippen LogP contribution in [0.25, 0.3) is 0 Å². The van der Waals surface area contributed by atoms with Crippen molar-refractivity contribution >= 4 is 0 Å². The van der Waals surface area contributed by atoms with Crippen molar-refractivity contribution < 1.29 is 4.74 Å². The van der Waals surface area contributed by atoms with Gasteiger partial charge in [0.25, 0.3) is 0 Å². The van der Waals surface area contributed by atoms with Crippen molar-refractivity contribution in [3.63, 3.8) is 0 Å². The van der Waals surface area contributed by atoms with Crippen LogP contribution >= 0.6 is 0 Å². The lowest BCUT2D eigenvalue weighted by Crippen LogP contribution is -2.45. The Labute approximate surface area is 107 Å².